The molecule has 1 aromatic rings. The minimum atomic E-state index is 0.941. The summed E-state index contributed by atoms with van der Waals surface area (Å²) >= 11 is 1.75. The SMILES string of the molecule is CNCC(C)=Cc1sc(C)nc1C. The molecule has 0 unspecified atom stereocenters. The third-order valence-corrected chi connectivity index (χ3v) is 2.79. The average molecular weight is 196 g/mol. The Balaban J connectivity index is 2.83. The lowest BCUT2D eigenvalue weighted by molar-refractivity contribution is 0.885. The smallest absolute Gasteiger partial charge is 0.0903 e. The molecule has 0 aliphatic heterocycles. The van der Waals surface area contributed by atoms with Gasteiger partial charge in [0.15, 0.2) is 0 Å². The molecule has 0 spiro atoms. The van der Waals surface area contributed by atoms with Crippen molar-refractivity contribution < 1.29 is 0 Å². The maximum absolute atomic E-state index is 4.38. The molecule has 1 N–H and O–H groups in total. The van der Waals surface area contributed by atoms with Gasteiger partial charge in [0, 0.05) is 6.54 Å². The fraction of sp³-hybridized carbons (Fsp3) is 0.500. The Hall–Kier alpha value is -0.670. The van der Waals surface area contributed by atoms with Gasteiger partial charge in [-0.1, -0.05) is 5.57 Å². The Labute approximate surface area is 83.7 Å². The van der Waals surface area contributed by atoms with Gasteiger partial charge in [-0.3, -0.25) is 0 Å². The number of hydrogen-bond donors (Lipinski definition) is 1. The molecule has 13 heavy (non-hydrogen) atoms. The lowest BCUT2D eigenvalue weighted by Gasteiger charge is -1.97. The summed E-state index contributed by atoms with van der Waals surface area (Å²) in [6, 6.07) is 0. The predicted molar refractivity (Wildman–Crippen MR) is 59.2 cm³/mol. The molecule has 0 bridgehead atoms. The topological polar surface area (TPSA) is 24.9 Å². The van der Waals surface area contributed by atoms with E-state index in [-0.39, 0.29) is 0 Å². The number of hydrogen-bond acceptors (Lipinski definition) is 3. The fourth-order valence-electron chi connectivity index (χ4n) is 1.23. The first-order chi connectivity index (χ1) is 6.13. The largest absolute Gasteiger partial charge is 0.316 e. The summed E-state index contributed by atoms with van der Waals surface area (Å²) in [7, 11) is 1.96. The molecule has 0 fully saturated rings. The van der Waals surface area contributed by atoms with Crippen molar-refractivity contribution in [1.29, 1.82) is 0 Å². The molecule has 0 amide bonds. The highest BCUT2D eigenvalue weighted by Gasteiger charge is 2.01. The van der Waals surface area contributed by atoms with Crippen molar-refractivity contribution in [3.63, 3.8) is 0 Å². The third-order valence-electron chi connectivity index (χ3n) is 1.77. The monoisotopic (exact) mass is 196 g/mol. The van der Waals surface area contributed by atoms with Crippen molar-refractivity contribution in [2.75, 3.05) is 13.6 Å². The lowest BCUT2D eigenvalue weighted by Crippen LogP contribution is -2.08. The molecule has 0 aliphatic carbocycles. The maximum Gasteiger partial charge on any atom is 0.0903 e. The van der Waals surface area contributed by atoms with Crippen LogP contribution in [0, 0.1) is 13.8 Å². The van der Waals surface area contributed by atoms with E-state index >= 15 is 0 Å². The first-order valence-corrected chi connectivity index (χ1v) is 5.21. The first-order valence-electron chi connectivity index (χ1n) is 4.39. The molecule has 0 atom stereocenters. The van der Waals surface area contributed by atoms with Crippen LogP contribution in [0.3, 0.4) is 0 Å². The number of rotatable bonds is 3. The normalized spacial score (nSPS) is 12.2. The molecule has 1 aromatic heterocycles. The second kappa shape index (κ2) is 4.53. The van der Waals surface area contributed by atoms with Gasteiger partial charge in [-0.05, 0) is 33.9 Å². The second-order valence-electron chi connectivity index (χ2n) is 3.20. The van der Waals surface area contributed by atoms with E-state index in [1.54, 1.807) is 11.3 Å². The Bertz CT molecular complexity index is 313. The summed E-state index contributed by atoms with van der Waals surface area (Å²) in [5.41, 5.74) is 2.48. The zero-order valence-corrected chi connectivity index (χ0v) is 9.46. The first kappa shape index (κ1) is 10.4. The van der Waals surface area contributed by atoms with Crippen LogP contribution in [-0.2, 0) is 0 Å². The van der Waals surface area contributed by atoms with Gasteiger partial charge in [-0.25, -0.2) is 4.98 Å². The molecule has 0 saturated carbocycles. The number of likely N-dealkylation sites (N-methyl/N-ethyl adjacent to an activating group) is 1. The van der Waals surface area contributed by atoms with Crippen LogP contribution < -0.4 is 5.32 Å². The molecule has 0 saturated heterocycles. The summed E-state index contributed by atoms with van der Waals surface area (Å²) in [5.74, 6) is 0. The van der Waals surface area contributed by atoms with Crippen molar-refractivity contribution in [2.45, 2.75) is 20.8 Å². The van der Waals surface area contributed by atoms with Crippen LogP contribution in [-0.4, -0.2) is 18.6 Å². The van der Waals surface area contributed by atoms with E-state index < -0.39 is 0 Å². The van der Waals surface area contributed by atoms with Gasteiger partial charge in [-0.2, -0.15) is 0 Å². The molecule has 3 heteroatoms. The summed E-state index contributed by atoms with van der Waals surface area (Å²) in [6.07, 6.45) is 2.20. The summed E-state index contributed by atoms with van der Waals surface area (Å²) < 4.78 is 0. The van der Waals surface area contributed by atoms with E-state index in [0.29, 0.717) is 0 Å². The zero-order valence-electron chi connectivity index (χ0n) is 8.64. The third kappa shape index (κ3) is 2.94. The van der Waals surface area contributed by atoms with Crippen LogP contribution in [0.1, 0.15) is 22.5 Å². The van der Waals surface area contributed by atoms with Gasteiger partial charge in [0.2, 0.25) is 0 Å². The van der Waals surface area contributed by atoms with E-state index in [0.717, 1.165) is 17.2 Å². The fourth-order valence-corrected chi connectivity index (χ4v) is 2.19. The predicted octanol–water partition coefficient (Wildman–Crippen LogP) is 2.38. The van der Waals surface area contributed by atoms with Crippen LogP contribution in [0.25, 0.3) is 6.08 Å². The molecule has 2 nitrogen and oxygen atoms in total. The standard InChI is InChI=1S/C10H16N2S/c1-7(6-11-4)5-10-8(2)12-9(3)13-10/h5,11H,6H2,1-4H3. The van der Waals surface area contributed by atoms with Crippen LogP contribution in [0.2, 0.25) is 0 Å². The van der Waals surface area contributed by atoms with E-state index in [2.05, 4.69) is 30.2 Å². The number of thiazole rings is 1. The second-order valence-corrected chi connectivity index (χ2v) is 4.44. The van der Waals surface area contributed by atoms with E-state index in [9.17, 15) is 0 Å². The molecule has 0 aromatic carbocycles. The highest BCUT2D eigenvalue weighted by atomic mass is 32.1. The van der Waals surface area contributed by atoms with Gasteiger partial charge in [0.05, 0.1) is 15.6 Å². The zero-order chi connectivity index (χ0) is 9.84. The van der Waals surface area contributed by atoms with Crippen LogP contribution in [0.15, 0.2) is 5.57 Å². The Morgan fingerprint density at radius 1 is 1.54 bits per heavy atom. The molecule has 1 rings (SSSR count). The van der Waals surface area contributed by atoms with Crippen molar-refractivity contribution in [3.05, 3.63) is 21.2 Å². The molecule has 0 radical (unpaired) electrons. The molecule has 1 heterocycles. The number of aryl methyl sites for hydroxylation is 2. The van der Waals surface area contributed by atoms with E-state index in [1.807, 2.05) is 14.0 Å². The van der Waals surface area contributed by atoms with Gasteiger partial charge in [-0.15, -0.1) is 11.3 Å². The van der Waals surface area contributed by atoms with Crippen LogP contribution in [0.5, 0.6) is 0 Å². The number of aromatic nitrogens is 1. The summed E-state index contributed by atoms with van der Waals surface area (Å²) in [4.78, 5) is 5.66. The van der Waals surface area contributed by atoms with Crippen molar-refractivity contribution >= 4 is 17.4 Å². The van der Waals surface area contributed by atoms with Crippen molar-refractivity contribution in [3.8, 4) is 0 Å². The number of nitrogens with one attached hydrogen (secondary N) is 1. The average Bonchev–Trinajstić information content (AvgIpc) is 2.30. The minimum absolute atomic E-state index is 0.941. The molecule has 0 aliphatic rings. The Kier molecular flexibility index (Phi) is 3.63. The van der Waals surface area contributed by atoms with Crippen molar-refractivity contribution in [2.24, 2.45) is 0 Å². The summed E-state index contributed by atoms with van der Waals surface area (Å²) in [6.45, 7) is 7.17. The van der Waals surface area contributed by atoms with Crippen LogP contribution in [0.4, 0.5) is 0 Å². The Morgan fingerprint density at radius 2 is 2.23 bits per heavy atom. The highest BCUT2D eigenvalue weighted by Crippen LogP contribution is 2.19. The molecular formula is C10H16N2S. The quantitative estimate of drug-likeness (QED) is 0.803. The summed E-state index contributed by atoms with van der Waals surface area (Å²) in [5, 5.41) is 4.27. The van der Waals surface area contributed by atoms with Crippen LogP contribution >= 0.6 is 11.3 Å². The Morgan fingerprint density at radius 3 is 2.69 bits per heavy atom. The molecular weight excluding hydrogens is 180 g/mol. The number of nitrogens with zero attached hydrogens (tertiary/aromatic N) is 1. The van der Waals surface area contributed by atoms with E-state index in [1.165, 1.54) is 10.5 Å². The van der Waals surface area contributed by atoms with E-state index in [4.69, 9.17) is 0 Å². The van der Waals surface area contributed by atoms with Gasteiger partial charge in [0.25, 0.3) is 0 Å². The van der Waals surface area contributed by atoms with Crippen molar-refractivity contribution in [1.82, 2.24) is 10.3 Å². The van der Waals surface area contributed by atoms with Gasteiger partial charge >= 0.3 is 0 Å². The maximum atomic E-state index is 4.38. The lowest BCUT2D eigenvalue weighted by atomic mass is 10.2. The minimum Gasteiger partial charge on any atom is -0.316 e. The van der Waals surface area contributed by atoms with Gasteiger partial charge < -0.3 is 5.32 Å². The van der Waals surface area contributed by atoms with Gasteiger partial charge in [0.1, 0.15) is 0 Å². The highest BCUT2D eigenvalue weighted by molar-refractivity contribution is 7.12. The molecule has 72 valence electrons.